The van der Waals surface area contributed by atoms with Gasteiger partial charge in [0.25, 0.3) is 0 Å². The Morgan fingerprint density at radius 2 is 2.00 bits per heavy atom. The smallest absolute Gasteiger partial charge is 0.321 e. The molecule has 1 heterocycles. The average Bonchev–Trinajstić information content (AvgIpc) is 1.87. The minimum absolute atomic E-state index is 0. The van der Waals surface area contributed by atoms with Crippen LogP contribution in [-0.2, 0) is 4.79 Å². The Morgan fingerprint density at radius 3 is 2.12 bits per heavy atom. The van der Waals surface area contributed by atoms with Crippen molar-refractivity contribution in [2.24, 2.45) is 0 Å². The van der Waals surface area contributed by atoms with Crippen molar-refractivity contribution in [1.29, 1.82) is 0 Å². The maximum absolute atomic E-state index is 10.1. The Morgan fingerprint density at radius 1 is 1.38 bits per heavy atom. The van der Waals surface area contributed by atoms with Gasteiger partial charge >= 0.3 is 6.03 Å². The van der Waals surface area contributed by atoms with Gasteiger partial charge in [0.1, 0.15) is 0 Å². The van der Waals surface area contributed by atoms with Crippen molar-refractivity contribution in [3.05, 3.63) is 0 Å². The largest absolute Gasteiger partial charge is 0.329 e. The summed E-state index contributed by atoms with van der Waals surface area (Å²) in [5, 5.41) is 4.30. The van der Waals surface area contributed by atoms with Crippen LogP contribution in [0.5, 0.6) is 0 Å². The molecule has 3 amide bonds. The van der Waals surface area contributed by atoms with Gasteiger partial charge in [-0.15, -0.1) is 17.0 Å². The summed E-state index contributed by atoms with van der Waals surface area (Å²) in [6.07, 6.45) is 0. The van der Waals surface area contributed by atoms with Crippen molar-refractivity contribution >= 4 is 28.9 Å². The van der Waals surface area contributed by atoms with Crippen LogP contribution >= 0.6 is 17.0 Å². The van der Waals surface area contributed by atoms with Crippen molar-refractivity contribution in [2.45, 2.75) is 0 Å². The van der Waals surface area contributed by atoms with Crippen LogP contribution in [0.1, 0.15) is 0 Å². The second kappa shape index (κ2) is 2.66. The second-order valence-corrected chi connectivity index (χ2v) is 1.23. The number of carbonyl (C=O) groups excluding carboxylic acids is 2. The lowest BCUT2D eigenvalue weighted by atomic mass is 10.7. The number of carbonyl (C=O) groups is 2. The maximum Gasteiger partial charge on any atom is 0.321 e. The van der Waals surface area contributed by atoms with Gasteiger partial charge < -0.3 is 5.32 Å². The summed E-state index contributed by atoms with van der Waals surface area (Å²) in [5.41, 5.74) is 0. The molecule has 0 spiro atoms. The fraction of sp³-hybridized carbons (Fsp3) is 0.333. The van der Waals surface area contributed by atoms with E-state index in [1.54, 1.807) is 0 Å². The molecule has 4 nitrogen and oxygen atoms in total. The van der Waals surface area contributed by atoms with Crippen LogP contribution in [0.4, 0.5) is 4.79 Å². The monoisotopic (exact) mass is 180 g/mol. The van der Waals surface area contributed by atoms with Crippen LogP contribution in [0, 0.1) is 0 Å². The molecule has 1 aliphatic heterocycles. The third-order valence-electron chi connectivity index (χ3n) is 0.662. The van der Waals surface area contributed by atoms with Crippen molar-refractivity contribution in [3.8, 4) is 0 Å². The van der Waals surface area contributed by atoms with Gasteiger partial charge in [0, 0.05) is 0 Å². The first kappa shape index (κ1) is 7.42. The van der Waals surface area contributed by atoms with E-state index in [4.69, 9.17) is 0 Å². The van der Waals surface area contributed by atoms with Crippen molar-refractivity contribution in [1.82, 2.24) is 10.6 Å². The van der Waals surface area contributed by atoms with Crippen LogP contribution < -0.4 is 10.6 Å². The zero-order valence-corrected chi connectivity index (χ0v) is 5.64. The van der Waals surface area contributed by atoms with E-state index >= 15 is 0 Å². The van der Waals surface area contributed by atoms with E-state index in [0.29, 0.717) is 0 Å². The predicted octanol–water partition coefficient (Wildman–Crippen LogP) is -0.596. The molecule has 0 aliphatic carbocycles. The predicted molar refractivity (Wildman–Crippen MR) is 31.9 cm³/mol. The number of nitrogens with one attached hydrogen (secondary N) is 2. The Hall–Kier alpha value is -0.580. The molecule has 0 aromatic carbocycles. The SMILES string of the molecule is Br.O=C1CNC(=O)N1. The lowest BCUT2D eigenvalue weighted by Gasteiger charge is -1.78. The summed E-state index contributed by atoms with van der Waals surface area (Å²) in [5.74, 6) is -0.259. The van der Waals surface area contributed by atoms with E-state index in [9.17, 15) is 9.59 Å². The Balaban J connectivity index is 0.000000490. The molecule has 0 radical (unpaired) electrons. The topological polar surface area (TPSA) is 58.2 Å². The van der Waals surface area contributed by atoms with Crippen LogP contribution in [0.15, 0.2) is 0 Å². The Bertz CT molecular complexity index is 110. The molecular formula is C3H5BrN2O2. The summed E-state index contributed by atoms with van der Waals surface area (Å²) < 4.78 is 0. The zero-order valence-electron chi connectivity index (χ0n) is 3.93. The number of hydrogen-bond acceptors (Lipinski definition) is 2. The van der Waals surface area contributed by atoms with Gasteiger partial charge in [0.15, 0.2) is 0 Å². The summed E-state index contributed by atoms with van der Waals surface area (Å²) in [6.45, 7) is 0.124. The summed E-state index contributed by atoms with van der Waals surface area (Å²) in [6, 6.07) is -0.398. The van der Waals surface area contributed by atoms with Crippen molar-refractivity contribution in [3.63, 3.8) is 0 Å². The highest BCUT2D eigenvalue weighted by Crippen LogP contribution is 1.73. The molecule has 1 saturated heterocycles. The molecule has 0 atom stereocenters. The third kappa shape index (κ3) is 1.49. The van der Waals surface area contributed by atoms with Crippen molar-refractivity contribution in [2.75, 3.05) is 6.54 Å². The fourth-order valence-electron chi connectivity index (χ4n) is 0.376. The van der Waals surface area contributed by atoms with E-state index in [2.05, 4.69) is 5.32 Å². The van der Waals surface area contributed by atoms with E-state index in [1.807, 2.05) is 5.32 Å². The number of rotatable bonds is 0. The molecule has 0 saturated carbocycles. The van der Waals surface area contributed by atoms with E-state index < -0.39 is 6.03 Å². The molecule has 0 bridgehead atoms. The molecular weight excluding hydrogens is 176 g/mol. The molecule has 2 N–H and O–H groups in total. The molecule has 5 heteroatoms. The quantitative estimate of drug-likeness (QED) is 0.490. The number of imide groups is 1. The van der Waals surface area contributed by atoms with E-state index in [1.165, 1.54) is 0 Å². The van der Waals surface area contributed by atoms with E-state index in [0.717, 1.165) is 0 Å². The lowest BCUT2D eigenvalue weighted by molar-refractivity contribution is -0.117. The first-order valence-corrected chi connectivity index (χ1v) is 1.87. The minimum atomic E-state index is -0.398. The third-order valence-corrected chi connectivity index (χ3v) is 0.662. The van der Waals surface area contributed by atoms with Gasteiger partial charge in [-0.25, -0.2) is 4.79 Å². The van der Waals surface area contributed by atoms with E-state index in [-0.39, 0.29) is 29.4 Å². The molecule has 1 rings (SSSR count). The van der Waals surface area contributed by atoms with Gasteiger partial charge in [0.05, 0.1) is 6.54 Å². The van der Waals surface area contributed by atoms with Gasteiger partial charge in [-0.2, -0.15) is 0 Å². The van der Waals surface area contributed by atoms with Gasteiger partial charge in [-0.1, -0.05) is 0 Å². The average molecular weight is 181 g/mol. The molecule has 0 unspecified atom stereocenters. The lowest BCUT2D eigenvalue weighted by Crippen LogP contribution is -2.22. The Kier molecular flexibility index (Phi) is 2.47. The Labute approximate surface area is 56.4 Å². The van der Waals surface area contributed by atoms with Crippen LogP contribution in [0.25, 0.3) is 0 Å². The highest BCUT2D eigenvalue weighted by atomic mass is 79.9. The van der Waals surface area contributed by atoms with Gasteiger partial charge in [0.2, 0.25) is 5.91 Å². The molecule has 0 aromatic heterocycles. The van der Waals surface area contributed by atoms with Crippen molar-refractivity contribution < 1.29 is 9.59 Å². The molecule has 8 heavy (non-hydrogen) atoms. The number of halogens is 1. The summed E-state index contributed by atoms with van der Waals surface area (Å²) in [4.78, 5) is 20.1. The molecule has 1 aliphatic rings. The van der Waals surface area contributed by atoms with Crippen LogP contribution in [0.2, 0.25) is 0 Å². The highest BCUT2D eigenvalue weighted by molar-refractivity contribution is 8.93. The first-order valence-electron chi connectivity index (χ1n) is 1.87. The maximum atomic E-state index is 10.1. The van der Waals surface area contributed by atoms with Crippen LogP contribution in [-0.4, -0.2) is 18.5 Å². The first-order chi connectivity index (χ1) is 3.29. The second-order valence-electron chi connectivity index (χ2n) is 1.23. The van der Waals surface area contributed by atoms with Crippen LogP contribution in [0.3, 0.4) is 0 Å². The highest BCUT2D eigenvalue weighted by Gasteiger charge is 2.14. The van der Waals surface area contributed by atoms with Gasteiger partial charge in [-0.3, -0.25) is 10.1 Å². The molecule has 1 fully saturated rings. The zero-order chi connectivity index (χ0) is 5.28. The molecule has 0 aromatic rings. The van der Waals surface area contributed by atoms with Gasteiger partial charge in [-0.05, 0) is 0 Å². The standard InChI is InChI=1S/C3H4N2O2.BrH/c6-2-1-4-3(7)5-2;/h1H2,(H2,4,5,6,7);1H. The number of urea groups is 1. The number of amides is 3. The number of hydrogen-bond donors (Lipinski definition) is 2. The summed E-state index contributed by atoms with van der Waals surface area (Å²) >= 11 is 0. The molecule has 46 valence electrons. The fourth-order valence-corrected chi connectivity index (χ4v) is 0.376. The summed E-state index contributed by atoms with van der Waals surface area (Å²) in [7, 11) is 0. The normalized spacial score (nSPS) is 16.5. The minimum Gasteiger partial charge on any atom is -0.329 e.